The van der Waals surface area contributed by atoms with Crippen LogP contribution in [0.2, 0.25) is 10.0 Å². The van der Waals surface area contributed by atoms with E-state index in [0.29, 0.717) is 18.9 Å². The van der Waals surface area contributed by atoms with E-state index in [1.807, 2.05) is 12.1 Å². The number of ether oxygens (including phenoxy) is 1. The smallest absolute Gasteiger partial charge is 0.261 e. The second-order valence-electron chi connectivity index (χ2n) is 5.36. The molecule has 5 nitrogen and oxygen atoms in total. The average molecular weight is 387 g/mol. The second kappa shape index (κ2) is 7.19. The third kappa shape index (κ3) is 4.13. The molecule has 1 aliphatic rings. The molecule has 0 spiro atoms. The van der Waals surface area contributed by atoms with Gasteiger partial charge in [0.15, 0.2) is 0 Å². The van der Waals surface area contributed by atoms with E-state index < -0.39 is 10.0 Å². The van der Waals surface area contributed by atoms with Gasteiger partial charge in [-0.3, -0.25) is 4.72 Å². The predicted octanol–water partition coefficient (Wildman–Crippen LogP) is 3.63. The first kappa shape index (κ1) is 17.4. The molecule has 24 heavy (non-hydrogen) atoms. The molecule has 0 amide bonds. The minimum atomic E-state index is -3.75. The summed E-state index contributed by atoms with van der Waals surface area (Å²) < 4.78 is 32.7. The lowest BCUT2D eigenvalue weighted by molar-refractivity contribution is 0.122. The summed E-state index contributed by atoms with van der Waals surface area (Å²) in [6.45, 7) is 3.05. The van der Waals surface area contributed by atoms with Crippen molar-refractivity contribution in [1.82, 2.24) is 0 Å². The summed E-state index contributed by atoms with van der Waals surface area (Å²) in [5.74, 6) is 0. The molecule has 2 aromatic carbocycles. The van der Waals surface area contributed by atoms with Crippen LogP contribution in [-0.4, -0.2) is 34.7 Å². The maximum atomic E-state index is 12.4. The Bertz CT molecular complexity index is 799. The van der Waals surface area contributed by atoms with Gasteiger partial charge in [-0.1, -0.05) is 23.2 Å². The molecule has 128 valence electrons. The maximum absolute atomic E-state index is 12.4. The largest absolute Gasteiger partial charge is 0.378 e. The van der Waals surface area contributed by atoms with Crippen LogP contribution in [-0.2, 0) is 14.8 Å². The Labute approximate surface area is 151 Å². The lowest BCUT2D eigenvalue weighted by atomic mass is 10.2. The molecule has 0 atom stereocenters. The monoisotopic (exact) mass is 386 g/mol. The van der Waals surface area contributed by atoms with Crippen molar-refractivity contribution >= 4 is 44.6 Å². The molecule has 1 heterocycles. The topological polar surface area (TPSA) is 58.6 Å². The van der Waals surface area contributed by atoms with Crippen LogP contribution in [0.4, 0.5) is 11.4 Å². The van der Waals surface area contributed by atoms with Gasteiger partial charge in [-0.05, 0) is 42.5 Å². The highest BCUT2D eigenvalue weighted by atomic mass is 35.5. The van der Waals surface area contributed by atoms with E-state index >= 15 is 0 Å². The SMILES string of the molecule is O=S(=O)(Nc1ccc(N2CCOCC2)cc1)c1cc(Cl)cc(Cl)c1. The highest BCUT2D eigenvalue weighted by molar-refractivity contribution is 7.92. The summed E-state index contributed by atoms with van der Waals surface area (Å²) in [5, 5.41) is 0.538. The van der Waals surface area contributed by atoms with Crippen molar-refractivity contribution in [2.24, 2.45) is 0 Å². The lowest BCUT2D eigenvalue weighted by Gasteiger charge is -2.28. The van der Waals surface area contributed by atoms with Gasteiger partial charge in [0.2, 0.25) is 0 Å². The van der Waals surface area contributed by atoms with Crippen LogP contribution in [0.5, 0.6) is 0 Å². The standard InChI is InChI=1S/C16H16Cl2N2O3S/c17-12-9-13(18)11-16(10-12)24(21,22)19-14-1-3-15(4-2-14)20-5-7-23-8-6-20/h1-4,9-11,19H,5-8H2. The van der Waals surface area contributed by atoms with Crippen LogP contribution in [0.3, 0.4) is 0 Å². The normalized spacial score (nSPS) is 15.3. The number of nitrogens with one attached hydrogen (secondary N) is 1. The summed E-state index contributed by atoms with van der Waals surface area (Å²) >= 11 is 11.7. The molecule has 0 radical (unpaired) electrons. The molecule has 1 aliphatic heterocycles. The van der Waals surface area contributed by atoms with Crippen molar-refractivity contribution < 1.29 is 13.2 Å². The first-order valence-electron chi connectivity index (χ1n) is 7.36. The quantitative estimate of drug-likeness (QED) is 0.871. The van der Waals surface area contributed by atoms with E-state index in [4.69, 9.17) is 27.9 Å². The van der Waals surface area contributed by atoms with Crippen molar-refractivity contribution in [3.8, 4) is 0 Å². The minimum absolute atomic E-state index is 0.0252. The van der Waals surface area contributed by atoms with Gasteiger partial charge in [0, 0.05) is 34.5 Å². The van der Waals surface area contributed by atoms with Crippen LogP contribution >= 0.6 is 23.2 Å². The Hall–Kier alpha value is -1.47. The highest BCUT2D eigenvalue weighted by Crippen LogP contribution is 2.25. The Kier molecular flexibility index (Phi) is 5.20. The van der Waals surface area contributed by atoms with Crippen molar-refractivity contribution in [1.29, 1.82) is 0 Å². The molecule has 2 aromatic rings. The molecule has 0 bridgehead atoms. The van der Waals surface area contributed by atoms with E-state index in [1.54, 1.807) is 12.1 Å². The average Bonchev–Trinajstić information content (AvgIpc) is 2.55. The summed E-state index contributed by atoms with van der Waals surface area (Å²) in [6.07, 6.45) is 0. The number of hydrogen-bond acceptors (Lipinski definition) is 4. The van der Waals surface area contributed by atoms with Crippen molar-refractivity contribution in [2.75, 3.05) is 35.9 Å². The molecule has 1 saturated heterocycles. The van der Waals surface area contributed by atoms with Crippen LogP contribution in [0.15, 0.2) is 47.4 Å². The van der Waals surface area contributed by atoms with Gasteiger partial charge in [-0.2, -0.15) is 0 Å². The Morgan fingerprint density at radius 2 is 1.54 bits per heavy atom. The fourth-order valence-electron chi connectivity index (χ4n) is 2.46. The summed E-state index contributed by atoms with van der Waals surface area (Å²) in [5.41, 5.74) is 1.51. The molecule has 0 aliphatic carbocycles. The number of nitrogens with zero attached hydrogens (tertiary/aromatic N) is 1. The van der Waals surface area contributed by atoms with E-state index in [9.17, 15) is 8.42 Å². The van der Waals surface area contributed by atoms with Crippen molar-refractivity contribution in [3.05, 3.63) is 52.5 Å². The first-order chi connectivity index (χ1) is 11.4. The summed E-state index contributed by atoms with van der Waals surface area (Å²) in [7, 11) is -3.75. The van der Waals surface area contributed by atoms with Gasteiger partial charge in [0.1, 0.15) is 0 Å². The van der Waals surface area contributed by atoms with E-state index in [-0.39, 0.29) is 14.9 Å². The first-order valence-corrected chi connectivity index (χ1v) is 9.60. The number of rotatable bonds is 4. The Balaban J connectivity index is 1.77. The van der Waals surface area contributed by atoms with Crippen LogP contribution in [0.25, 0.3) is 0 Å². The number of hydrogen-bond donors (Lipinski definition) is 1. The van der Waals surface area contributed by atoms with Gasteiger partial charge in [0.05, 0.1) is 18.1 Å². The van der Waals surface area contributed by atoms with E-state index in [0.717, 1.165) is 18.8 Å². The third-order valence-corrected chi connectivity index (χ3v) is 5.44. The van der Waals surface area contributed by atoms with E-state index in [1.165, 1.54) is 18.2 Å². The van der Waals surface area contributed by atoms with Gasteiger partial charge in [0.25, 0.3) is 10.0 Å². The number of benzene rings is 2. The highest BCUT2D eigenvalue weighted by Gasteiger charge is 2.16. The second-order valence-corrected chi connectivity index (χ2v) is 7.91. The molecule has 1 N–H and O–H groups in total. The van der Waals surface area contributed by atoms with Gasteiger partial charge >= 0.3 is 0 Å². The molecular weight excluding hydrogens is 371 g/mol. The number of halogens is 2. The van der Waals surface area contributed by atoms with Gasteiger partial charge in [-0.15, -0.1) is 0 Å². The Morgan fingerprint density at radius 3 is 2.12 bits per heavy atom. The number of sulfonamides is 1. The van der Waals surface area contributed by atoms with Crippen LogP contribution < -0.4 is 9.62 Å². The summed E-state index contributed by atoms with van der Waals surface area (Å²) in [4.78, 5) is 2.22. The zero-order chi connectivity index (χ0) is 17.2. The summed E-state index contributed by atoms with van der Waals surface area (Å²) in [6, 6.07) is 11.4. The molecule has 0 unspecified atom stereocenters. The zero-order valence-corrected chi connectivity index (χ0v) is 15.0. The number of morpholine rings is 1. The van der Waals surface area contributed by atoms with Crippen molar-refractivity contribution in [2.45, 2.75) is 4.90 Å². The molecule has 1 fully saturated rings. The van der Waals surface area contributed by atoms with Gasteiger partial charge < -0.3 is 9.64 Å². The predicted molar refractivity (Wildman–Crippen MR) is 96.7 cm³/mol. The minimum Gasteiger partial charge on any atom is -0.378 e. The number of anilines is 2. The fraction of sp³-hybridized carbons (Fsp3) is 0.250. The fourth-order valence-corrected chi connectivity index (χ4v) is 4.24. The maximum Gasteiger partial charge on any atom is 0.261 e. The van der Waals surface area contributed by atoms with E-state index in [2.05, 4.69) is 9.62 Å². The van der Waals surface area contributed by atoms with Gasteiger partial charge in [-0.25, -0.2) is 8.42 Å². The molecule has 0 saturated carbocycles. The van der Waals surface area contributed by atoms with Crippen molar-refractivity contribution in [3.63, 3.8) is 0 Å². The molecule has 0 aromatic heterocycles. The van der Waals surface area contributed by atoms with Crippen LogP contribution in [0, 0.1) is 0 Å². The zero-order valence-electron chi connectivity index (χ0n) is 12.7. The molecule has 3 rings (SSSR count). The molecular formula is C16H16Cl2N2O3S. The Morgan fingerprint density at radius 1 is 0.958 bits per heavy atom. The molecule has 8 heteroatoms. The third-order valence-electron chi connectivity index (χ3n) is 3.64. The van der Waals surface area contributed by atoms with Crippen LogP contribution in [0.1, 0.15) is 0 Å². The lowest BCUT2D eigenvalue weighted by Crippen LogP contribution is -2.36.